The van der Waals surface area contributed by atoms with Crippen LogP contribution in [0.25, 0.3) is 0 Å². The second kappa shape index (κ2) is 7.46. The first-order valence-electron chi connectivity index (χ1n) is 6.54. The van der Waals surface area contributed by atoms with Crippen molar-refractivity contribution in [2.45, 2.75) is 37.7 Å². The Hall–Kier alpha value is -0.860. The van der Waals surface area contributed by atoms with Gasteiger partial charge in [-0.25, -0.2) is 0 Å². The van der Waals surface area contributed by atoms with Crippen molar-refractivity contribution in [2.75, 3.05) is 19.6 Å². The Morgan fingerprint density at radius 1 is 1.00 bits per heavy atom. The zero-order valence-corrected chi connectivity index (χ0v) is 10.8. The lowest BCUT2D eigenvalue weighted by Gasteiger charge is -2.29. The maximum atomic E-state index is 10.3. The van der Waals surface area contributed by atoms with Gasteiger partial charge in [0, 0.05) is 19.6 Å². The predicted octanol–water partition coefficient (Wildman–Crippen LogP) is 2.91. The lowest BCUT2D eigenvalue weighted by molar-refractivity contribution is 0.0509. The maximum Gasteiger partial charge on any atom is 0.0828 e. The molecule has 0 amide bonds. The number of rotatable bonds is 7. The molecular weight excluding hydrogens is 210 g/mol. The molecular formula is C15H25NO. The molecule has 17 heavy (non-hydrogen) atoms. The number of hydrogen-bond acceptors (Lipinski definition) is 2. The normalized spacial score (nSPS) is 19.6. The highest BCUT2D eigenvalue weighted by Gasteiger charge is 2.25. The van der Waals surface area contributed by atoms with E-state index in [1.165, 1.54) is 6.42 Å². The van der Waals surface area contributed by atoms with Gasteiger partial charge in [-0.05, 0) is 12.8 Å². The summed E-state index contributed by atoms with van der Waals surface area (Å²) in [7, 11) is 0. The van der Waals surface area contributed by atoms with Gasteiger partial charge in [0.1, 0.15) is 0 Å². The van der Waals surface area contributed by atoms with Crippen LogP contribution in [0.2, 0.25) is 0 Å². The van der Waals surface area contributed by atoms with Crippen molar-refractivity contribution in [3.05, 3.63) is 37.5 Å². The van der Waals surface area contributed by atoms with E-state index >= 15 is 0 Å². The molecule has 96 valence electrons. The zero-order chi connectivity index (χ0) is 12.6. The van der Waals surface area contributed by atoms with Crippen LogP contribution in [0.1, 0.15) is 32.1 Å². The molecule has 0 aromatic rings. The smallest absolute Gasteiger partial charge is 0.0828 e. The molecule has 1 N–H and O–H groups in total. The van der Waals surface area contributed by atoms with E-state index in [0.717, 1.165) is 45.3 Å². The number of aliphatic hydroxyl groups is 1. The SMILES string of the molecule is C=CCN(CC=C)C/C=C/C1(O)CCCCC1. The monoisotopic (exact) mass is 235 g/mol. The van der Waals surface area contributed by atoms with E-state index in [2.05, 4.69) is 24.1 Å². The van der Waals surface area contributed by atoms with E-state index in [1.54, 1.807) is 0 Å². The van der Waals surface area contributed by atoms with Gasteiger partial charge in [0.05, 0.1) is 5.60 Å². The van der Waals surface area contributed by atoms with Crippen LogP contribution in [0.15, 0.2) is 37.5 Å². The summed E-state index contributed by atoms with van der Waals surface area (Å²) in [5.41, 5.74) is -0.549. The minimum absolute atomic E-state index is 0.549. The van der Waals surface area contributed by atoms with Crippen LogP contribution < -0.4 is 0 Å². The lowest BCUT2D eigenvalue weighted by Crippen LogP contribution is -2.29. The van der Waals surface area contributed by atoms with Crippen LogP contribution in [-0.2, 0) is 0 Å². The van der Waals surface area contributed by atoms with E-state index in [1.807, 2.05) is 18.2 Å². The molecule has 0 atom stereocenters. The molecule has 0 bridgehead atoms. The van der Waals surface area contributed by atoms with Gasteiger partial charge in [-0.2, -0.15) is 0 Å². The maximum absolute atomic E-state index is 10.3. The van der Waals surface area contributed by atoms with Gasteiger partial charge >= 0.3 is 0 Å². The van der Waals surface area contributed by atoms with Gasteiger partial charge in [-0.3, -0.25) is 4.90 Å². The Kier molecular flexibility index (Phi) is 6.23. The van der Waals surface area contributed by atoms with Crippen molar-refractivity contribution in [1.29, 1.82) is 0 Å². The van der Waals surface area contributed by atoms with Crippen molar-refractivity contribution in [2.24, 2.45) is 0 Å². The van der Waals surface area contributed by atoms with Gasteiger partial charge < -0.3 is 5.11 Å². The van der Waals surface area contributed by atoms with Gasteiger partial charge in [0.15, 0.2) is 0 Å². The molecule has 1 saturated carbocycles. The molecule has 1 aliphatic carbocycles. The number of nitrogens with zero attached hydrogens (tertiary/aromatic N) is 1. The van der Waals surface area contributed by atoms with Crippen molar-refractivity contribution in [1.82, 2.24) is 4.90 Å². The molecule has 0 unspecified atom stereocenters. The Morgan fingerprint density at radius 3 is 2.12 bits per heavy atom. The molecule has 2 heteroatoms. The summed E-state index contributed by atoms with van der Waals surface area (Å²) in [6.45, 7) is 10.0. The Balaban J connectivity index is 2.40. The van der Waals surface area contributed by atoms with Gasteiger partial charge in [-0.1, -0.05) is 43.6 Å². The minimum atomic E-state index is -0.549. The summed E-state index contributed by atoms with van der Waals surface area (Å²) in [5, 5.41) is 10.3. The van der Waals surface area contributed by atoms with E-state index in [0.29, 0.717) is 0 Å². The van der Waals surface area contributed by atoms with Crippen molar-refractivity contribution >= 4 is 0 Å². The molecule has 0 heterocycles. The van der Waals surface area contributed by atoms with Crippen molar-refractivity contribution in [3.8, 4) is 0 Å². The van der Waals surface area contributed by atoms with Crippen molar-refractivity contribution in [3.63, 3.8) is 0 Å². The highest BCUT2D eigenvalue weighted by Crippen LogP contribution is 2.28. The van der Waals surface area contributed by atoms with Gasteiger partial charge in [-0.15, -0.1) is 13.2 Å². The Morgan fingerprint density at radius 2 is 1.59 bits per heavy atom. The summed E-state index contributed by atoms with van der Waals surface area (Å²) in [5.74, 6) is 0. The van der Waals surface area contributed by atoms with Crippen LogP contribution >= 0.6 is 0 Å². The summed E-state index contributed by atoms with van der Waals surface area (Å²) in [6.07, 6.45) is 13.2. The van der Waals surface area contributed by atoms with E-state index < -0.39 is 5.60 Å². The lowest BCUT2D eigenvalue weighted by atomic mass is 9.85. The summed E-state index contributed by atoms with van der Waals surface area (Å²) < 4.78 is 0. The first kappa shape index (κ1) is 14.2. The fourth-order valence-corrected chi connectivity index (χ4v) is 2.34. The topological polar surface area (TPSA) is 23.5 Å². The van der Waals surface area contributed by atoms with E-state index in [4.69, 9.17) is 0 Å². The average molecular weight is 235 g/mol. The summed E-state index contributed by atoms with van der Waals surface area (Å²) in [6, 6.07) is 0. The summed E-state index contributed by atoms with van der Waals surface area (Å²) in [4.78, 5) is 2.22. The second-order valence-corrected chi connectivity index (χ2v) is 4.86. The van der Waals surface area contributed by atoms with Crippen molar-refractivity contribution < 1.29 is 5.11 Å². The molecule has 2 nitrogen and oxygen atoms in total. The largest absolute Gasteiger partial charge is 0.386 e. The molecule has 1 rings (SSSR count). The van der Waals surface area contributed by atoms with Crippen LogP contribution in [0.5, 0.6) is 0 Å². The standard InChI is InChI=1S/C15H25NO/c1-3-12-16(13-4-2)14-8-11-15(17)9-6-5-7-10-15/h3-4,8,11,17H,1-2,5-7,9-10,12-14H2/b11-8+. The molecule has 1 fully saturated rings. The zero-order valence-electron chi connectivity index (χ0n) is 10.8. The Bertz CT molecular complexity index is 254. The molecule has 0 aromatic carbocycles. The molecule has 0 saturated heterocycles. The first-order chi connectivity index (χ1) is 8.20. The highest BCUT2D eigenvalue weighted by atomic mass is 16.3. The molecule has 0 spiro atoms. The molecule has 0 aliphatic heterocycles. The second-order valence-electron chi connectivity index (χ2n) is 4.86. The fourth-order valence-electron chi connectivity index (χ4n) is 2.34. The highest BCUT2D eigenvalue weighted by molar-refractivity contribution is 5.03. The fraction of sp³-hybridized carbons (Fsp3) is 0.600. The molecule has 0 radical (unpaired) electrons. The molecule has 1 aliphatic rings. The number of hydrogen-bond donors (Lipinski definition) is 1. The first-order valence-corrected chi connectivity index (χ1v) is 6.54. The third-order valence-corrected chi connectivity index (χ3v) is 3.29. The predicted molar refractivity (Wildman–Crippen MR) is 74.0 cm³/mol. The summed E-state index contributed by atoms with van der Waals surface area (Å²) >= 11 is 0. The van der Waals surface area contributed by atoms with Crippen LogP contribution in [0.4, 0.5) is 0 Å². The minimum Gasteiger partial charge on any atom is -0.386 e. The van der Waals surface area contributed by atoms with E-state index in [9.17, 15) is 5.11 Å². The van der Waals surface area contributed by atoms with Crippen LogP contribution in [-0.4, -0.2) is 35.2 Å². The quantitative estimate of drug-likeness (QED) is 0.686. The van der Waals surface area contributed by atoms with Crippen LogP contribution in [0.3, 0.4) is 0 Å². The van der Waals surface area contributed by atoms with Crippen LogP contribution in [0, 0.1) is 0 Å². The third kappa shape index (κ3) is 5.33. The van der Waals surface area contributed by atoms with Gasteiger partial charge in [0.2, 0.25) is 0 Å². The van der Waals surface area contributed by atoms with Gasteiger partial charge in [0.25, 0.3) is 0 Å². The van der Waals surface area contributed by atoms with E-state index in [-0.39, 0.29) is 0 Å². The Labute approximate surface area is 105 Å². The molecule has 0 aromatic heterocycles. The average Bonchev–Trinajstić information content (AvgIpc) is 2.30. The third-order valence-electron chi connectivity index (χ3n) is 3.29.